The second-order valence-electron chi connectivity index (χ2n) is 7.01. The van der Waals surface area contributed by atoms with Crippen LogP contribution in [0.1, 0.15) is 39.3 Å². The third-order valence-corrected chi connectivity index (χ3v) is 3.74. The highest BCUT2D eigenvalue weighted by atomic mass is 16.5. The third-order valence-electron chi connectivity index (χ3n) is 3.74. The molecular weight excluding hydrogens is 248 g/mol. The summed E-state index contributed by atoms with van der Waals surface area (Å²) in [4.78, 5) is 2.55. The molecule has 1 fully saturated rings. The Bertz CT molecular complexity index is 412. The van der Waals surface area contributed by atoms with Crippen LogP contribution in [0.2, 0.25) is 0 Å². The van der Waals surface area contributed by atoms with Gasteiger partial charge in [0.05, 0.1) is 11.2 Å². The summed E-state index contributed by atoms with van der Waals surface area (Å²) in [7, 11) is 2.02. The Hall–Kier alpha value is -0.900. The molecule has 0 aliphatic carbocycles. The summed E-state index contributed by atoms with van der Waals surface area (Å²) in [6, 6.07) is 11.1. The van der Waals surface area contributed by atoms with Gasteiger partial charge in [-0.25, -0.2) is 0 Å². The molecule has 0 spiro atoms. The van der Waals surface area contributed by atoms with E-state index in [1.165, 1.54) is 5.56 Å². The van der Waals surface area contributed by atoms with Crippen LogP contribution in [-0.2, 0) is 4.74 Å². The second kappa shape index (κ2) is 5.84. The maximum absolute atomic E-state index is 6.19. The lowest BCUT2D eigenvalue weighted by Crippen LogP contribution is -2.58. The molecule has 0 radical (unpaired) electrons. The molecule has 1 saturated heterocycles. The van der Waals surface area contributed by atoms with Gasteiger partial charge in [-0.2, -0.15) is 0 Å². The maximum atomic E-state index is 6.19. The topological polar surface area (TPSA) is 24.5 Å². The average Bonchev–Trinajstić information content (AvgIpc) is 2.33. The van der Waals surface area contributed by atoms with Crippen molar-refractivity contribution in [1.82, 2.24) is 10.2 Å². The van der Waals surface area contributed by atoms with E-state index in [1.54, 1.807) is 0 Å². The summed E-state index contributed by atoms with van der Waals surface area (Å²) in [5.74, 6) is 0. The molecule has 1 aromatic carbocycles. The van der Waals surface area contributed by atoms with Gasteiger partial charge in [0.1, 0.15) is 0 Å². The lowest BCUT2D eigenvalue weighted by molar-refractivity contribution is -0.188. The lowest BCUT2D eigenvalue weighted by Gasteiger charge is -2.49. The number of nitrogens with zero attached hydrogens (tertiary/aromatic N) is 1. The van der Waals surface area contributed by atoms with Gasteiger partial charge in [0.25, 0.3) is 0 Å². The Kier molecular flexibility index (Phi) is 4.52. The molecule has 1 aliphatic rings. The zero-order valence-electron chi connectivity index (χ0n) is 13.4. The van der Waals surface area contributed by atoms with E-state index in [4.69, 9.17) is 4.74 Å². The van der Waals surface area contributed by atoms with E-state index in [0.717, 1.165) is 19.6 Å². The van der Waals surface area contributed by atoms with Gasteiger partial charge in [-0.3, -0.25) is 4.90 Å². The summed E-state index contributed by atoms with van der Waals surface area (Å²) in [5.41, 5.74) is 1.15. The van der Waals surface area contributed by atoms with Gasteiger partial charge in [0, 0.05) is 25.7 Å². The van der Waals surface area contributed by atoms with Gasteiger partial charge in [0.2, 0.25) is 0 Å². The van der Waals surface area contributed by atoms with Crippen molar-refractivity contribution in [2.45, 2.75) is 44.9 Å². The van der Waals surface area contributed by atoms with Crippen molar-refractivity contribution >= 4 is 0 Å². The molecule has 0 aromatic heterocycles. The standard InChI is InChI=1S/C17H28N2O/c1-16(2)12-19(13-17(3,4)20-16)15(11-18-5)14-9-7-6-8-10-14/h6-10,15,18H,11-13H2,1-5H3. The minimum Gasteiger partial charge on any atom is -0.367 e. The number of likely N-dealkylation sites (N-methyl/N-ethyl adjacent to an activating group) is 1. The van der Waals surface area contributed by atoms with E-state index in [0.29, 0.717) is 6.04 Å². The summed E-state index contributed by atoms with van der Waals surface area (Å²) >= 11 is 0. The van der Waals surface area contributed by atoms with Crippen LogP contribution in [0.15, 0.2) is 30.3 Å². The summed E-state index contributed by atoms with van der Waals surface area (Å²) in [5, 5.41) is 3.34. The Labute approximate surface area is 123 Å². The SMILES string of the molecule is CNCC(c1ccccc1)N1CC(C)(C)OC(C)(C)C1. The van der Waals surface area contributed by atoms with Crippen molar-refractivity contribution in [3.8, 4) is 0 Å². The van der Waals surface area contributed by atoms with E-state index in [-0.39, 0.29) is 11.2 Å². The molecule has 112 valence electrons. The van der Waals surface area contributed by atoms with Crippen molar-refractivity contribution in [1.29, 1.82) is 0 Å². The molecule has 2 rings (SSSR count). The van der Waals surface area contributed by atoms with Crippen LogP contribution in [0, 0.1) is 0 Å². The molecule has 1 heterocycles. The first-order chi connectivity index (χ1) is 9.33. The quantitative estimate of drug-likeness (QED) is 0.915. The van der Waals surface area contributed by atoms with Crippen LogP contribution in [0.25, 0.3) is 0 Å². The van der Waals surface area contributed by atoms with Crippen molar-refractivity contribution in [3.63, 3.8) is 0 Å². The second-order valence-corrected chi connectivity index (χ2v) is 7.01. The van der Waals surface area contributed by atoms with Crippen molar-refractivity contribution < 1.29 is 4.74 Å². The number of ether oxygens (including phenoxy) is 1. The summed E-state index contributed by atoms with van der Waals surface area (Å²) < 4.78 is 6.19. The van der Waals surface area contributed by atoms with E-state index in [1.807, 2.05) is 7.05 Å². The molecule has 1 unspecified atom stereocenters. The summed E-state index contributed by atoms with van der Waals surface area (Å²) in [6.45, 7) is 11.6. The molecule has 3 heteroatoms. The normalized spacial score (nSPS) is 23.4. The van der Waals surface area contributed by atoms with E-state index >= 15 is 0 Å². The Morgan fingerprint density at radius 2 is 1.65 bits per heavy atom. The Balaban J connectivity index is 2.25. The first-order valence-electron chi connectivity index (χ1n) is 7.47. The predicted octanol–water partition coefficient (Wildman–Crippen LogP) is 2.84. The predicted molar refractivity (Wildman–Crippen MR) is 83.9 cm³/mol. The van der Waals surface area contributed by atoms with Crippen LogP contribution in [-0.4, -0.2) is 42.8 Å². The van der Waals surface area contributed by atoms with Crippen molar-refractivity contribution in [2.75, 3.05) is 26.7 Å². The van der Waals surface area contributed by atoms with Gasteiger partial charge in [-0.1, -0.05) is 30.3 Å². The van der Waals surface area contributed by atoms with E-state index in [9.17, 15) is 0 Å². The minimum atomic E-state index is -0.109. The van der Waals surface area contributed by atoms with Gasteiger partial charge in [-0.15, -0.1) is 0 Å². The third kappa shape index (κ3) is 3.81. The molecule has 1 aliphatic heterocycles. The highest BCUT2D eigenvalue weighted by Gasteiger charge is 2.40. The van der Waals surface area contributed by atoms with Crippen molar-refractivity contribution in [3.05, 3.63) is 35.9 Å². The molecular formula is C17H28N2O. The first kappa shape index (κ1) is 15.5. The number of nitrogens with one attached hydrogen (secondary N) is 1. The number of rotatable bonds is 4. The number of hydrogen-bond acceptors (Lipinski definition) is 3. The zero-order valence-corrected chi connectivity index (χ0v) is 13.4. The number of benzene rings is 1. The van der Waals surface area contributed by atoms with Gasteiger partial charge in [0.15, 0.2) is 0 Å². The zero-order chi connectivity index (χ0) is 14.8. The van der Waals surface area contributed by atoms with Crippen LogP contribution in [0.4, 0.5) is 0 Å². The summed E-state index contributed by atoms with van der Waals surface area (Å²) in [6.07, 6.45) is 0. The monoisotopic (exact) mass is 276 g/mol. The fourth-order valence-electron chi connectivity index (χ4n) is 3.39. The average molecular weight is 276 g/mol. The van der Waals surface area contributed by atoms with Crippen molar-refractivity contribution in [2.24, 2.45) is 0 Å². The molecule has 1 atom stereocenters. The molecule has 1 aromatic rings. The minimum absolute atomic E-state index is 0.109. The molecule has 1 N–H and O–H groups in total. The largest absolute Gasteiger partial charge is 0.367 e. The van der Waals surface area contributed by atoms with Crippen LogP contribution in [0.3, 0.4) is 0 Å². The van der Waals surface area contributed by atoms with Gasteiger partial charge in [-0.05, 0) is 40.3 Å². The molecule has 0 bridgehead atoms. The van der Waals surface area contributed by atoms with Gasteiger partial charge < -0.3 is 10.1 Å². The van der Waals surface area contributed by atoms with E-state index in [2.05, 4.69) is 68.2 Å². The number of hydrogen-bond donors (Lipinski definition) is 1. The maximum Gasteiger partial charge on any atom is 0.0761 e. The molecule has 20 heavy (non-hydrogen) atoms. The van der Waals surface area contributed by atoms with Crippen LogP contribution < -0.4 is 5.32 Å². The van der Waals surface area contributed by atoms with Crippen LogP contribution in [0.5, 0.6) is 0 Å². The van der Waals surface area contributed by atoms with Gasteiger partial charge >= 0.3 is 0 Å². The highest BCUT2D eigenvalue weighted by Crippen LogP contribution is 2.33. The fourth-order valence-corrected chi connectivity index (χ4v) is 3.39. The smallest absolute Gasteiger partial charge is 0.0761 e. The molecule has 3 nitrogen and oxygen atoms in total. The Morgan fingerprint density at radius 3 is 2.15 bits per heavy atom. The number of morpholine rings is 1. The lowest BCUT2D eigenvalue weighted by atomic mass is 9.95. The Morgan fingerprint density at radius 1 is 1.10 bits per heavy atom. The van der Waals surface area contributed by atoms with Crippen LogP contribution >= 0.6 is 0 Å². The van der Waals surface area contributed by atoms with E-state index < -0.39 is 0 Å². The molecule has 0 saturated carbocycles. The molecule has 0 amide bonds. The first-order valence-corrected chi connectivity index (χ1v) is 7.47. The fraction of sp³-hybridized carbons (Fsp3) is 0.647. The highest BCUT2D eigenvalue weighted by molar-refractivity contribution is 5.20.